The minimum Gasteiger partial charge on any atom is -0.469 e. The number of carbonyl (C=O) groups excluding carboxylic acids is 2. The van der Waals surface area contributed by atoms with Gasteiger partial charge in [0, 0.05) is 12.0 Å². The summed E-state index contributed by atoms with van der Waals surface area (Å²) in [7, 11) is 1.36. The lowest BCUT2D eigenvalue weighted by Crippen LogP contribution is -2.29. The summed E-state index contributed by atoms with van der Waals surface area (Å²) in [4.78, 5) is 23.5. The molecule has 0 radical (unpaired) electrons. The van der Waals surface area contributed by atoms with E-state index in [1.807, 2.05) is 13.8 Å². The molecule has 0 aliphatic carbocycles. The van der Waals surface area contributed by atoms with Crippen molar-refractivity contribution in [2.45, 2.75) is 72.2 Å². The van der Waals surface area contributed by atoms with Crippen molar-refractivity contribution in [3.8, 4) is 0 Å². The zero-order chi connectivity index (χ0) is 17.5. The van der Waals surface area contributed by atoms with Gasteiger partial charge in [-0.05, 0) is 41.0 Å². The van der Waals surface area contributed by atoms with Gasteiger partial charge in [0.25, 0.3) is 0 Å². The molecule has 22 heavy (non-hydrogen) atoms. The summed E-state index contributed by atoms with van der Waals surface area (Å²) in [6.07, 6.45) is 0.497. The van der Waals surface area contributed by atoms with Crippen molar-refractivity contribution < 1.29 is 23.8 Å². The maximum absolute atomic E-state index is 12.0. The molecule has 5 nitrogen and oxygen atoms in total. The van der Waals surface area contributed by atoms with Gasteiger partial charge in [0.1, 0.15) is 5.60 Å². The largest absolute Gasteiger partial charge is 0.469 e. The van der Waals surface area contributed by atoms with E-state index in [2.05, 4.69) is 6.58 Å². The Balaban J connectivity index is 4.74. The van der Waals surface area contributed by atoms with Gasteiger partial charge in [-0.25, -0.2) is 4.79 Å². The predicted octanol–water partition coefficient (Wildman–Crippen LogP) is 3.27. The Hall–Kier alpha value is -1.36. The summed E-state index contributed by atoms with van der Waals surface area (Å²) >= 11 is 0. The minimum absolute atomic E-state index is 0.0127. The van der Waals surface area contributed by atoms with E-state index in [4.69, 9.17) is 14.2 Å². The van der Waals surface area contributed by atoms with Gasteiger partial charge in [0.15, 0.2) is 0 Å². The molecule has 0 amide bonds. The van der Waals surface area contributed by atoms with Crippen LogP contribution in [0.4, 0.5) is 0 Å². The highest BCUT2D eigenvalue weighted by molar-refractivity contribution is 5.88. The molecule has 0 aliphatic rings. The van der Waals surface area contributed by atoms with Crippen LogP contribution in [0.25, 0.3) is 0 Å². The van der Waals surface area contributed by atoms with Crippen molar-refractivity contribution in [3.63, 3.8) is 0 Å². The Morgan fingerprint density at radius 3 is 2.09 bits per heavy atom. The summed E-state index contributed by atoms with van der Waals surface area (Å²) in [6.45, 7) is 14.8. The second-order valence-corrected chi connectivity index (χ2v) is 6.78. The zero-order valence-corrected chi connectivity index (χ0v) is 14.9. The number of esters is 2. The van der Waals surface area contributed by atoms with E-state index in [9.17, 15) is 9.59 Å². The molecule has 0 saturated carbocycles. The van der Waals surface area contributed by atoms with Gasteiger partial charge >= 0.3 is 11.9 Å². The third-order valence-electron chi connectivity index (χ3n) is 2.85. The number of hydrogen-bond donors (Lipinski definition) is 0. The maximum Gasteiger partial charge on any atom is 0.334 e. The van der Waals surface area contributed by atoms with E-state index in [-0.39, 0.29) is 24.1 Å². The Bertz CT molecular complexity index is 392. The molecular weight excluding hydrogens is 284 g/mol. The Kier molecular flexibility index (Phi) is 8.38. The van der Waals surface area contributed by atoms with Crippen LogP contribution in [0.2, 0.25) is 0 Å². The highest BCUT2D eigenvalue weighted by Crippen LogP contribution is 2.21. The van der Waals surface area contributed by atoms with Crippen LogP contribution in [-0.2, 0) is 23.8 Å². The van der Waals surface area contributed by atoms with E-state index >= 15 is 0 Å². The molecule has 0 rings (SSSR count). The van der Waals surface area contributed by atoms with Crippen molar-refractivity contribution >= 4 is 11.9 Å². The average molecular weight is 314 g/mol. The van der Waals surface area contributed by atoms with Crippen LogP contribution in [0.5, 0.6) is 0 Å². The molecule has 0 aromatic heterocycles. The smallest absolute Gasteiger partial charge is 0.334 e. The molecule has 0 spiro atoms. The van der Waals surface area contributed by atoms with Crippen LogP contribution >= 0.6 is 0 Å². The summed E-state index contributed by atoms with van der Waals surface area (Å²) in [5.74, 6) is -1.03. The van der Waals surface area contributed by atoms with Crippen LogP contribution in [0.3, 0.4) is 0 Å². The van der Waals surface area contributed by atoms with Crippen molar-refractivity contribution in [2.24, 2.45) is 5.92 Å². The first-order chi connectivity index (χ1) is 9.96. The Labute approximate surface area is 134 Å². The third-order valence-corrected chi connectivity index (χ3v) is 2.85. The van der Waals surface area contributed by atoms with Crippen LogP contribution in [-0.4, -0.2) is 36.9 Å². The lowest BCUT2D eigenvalue weighted by molar-refractivity contribution is -0.150. The molecule has 0 unspecified atom stereocenters. The first-order valence-electron chi connectivity index (χ1n) is 7.60. The lowest BCUT2D eigenvalue weighted by atomic mass is 9.98. The molecule has 0 heterocycles. The second kappa shape index (κ2) is 8.93. The summed E-state index contributed by atoms with van der Waals surface area (Å²) in [6, 6.07) is 0. The topological polar surface area (TPSA) is 61.8 Å². The third kappa shape index (κ3) is 8.82. The van der Waals surface area contributed by atoms with Crippen molar-refractivity contribution in [1.82, 2.24) is 0 Å². The van der Waals surface area contributed by atoms with E-state index in [1.165, 1.54) is 7.11 Å². The standard InChI is InChI=1S/C17H30O5/c1-11(2)21-14(9-12(3)15(18)20-8)10-13(4)16(19)22-17(5,6)7/h11-12,14H,4,9-10H2,1-3,5-8H3/t12-,14-/m0/s1. The molecule has 0 fully saturated rings. The van der Waals surface area contributed by atoms with E-state index in [0.717, 1.165) is 0 Å². The number of rotatable bonds is 8. The van der Waals surface area contributed by atoms with E-state index in [0.29, 0.717) is 18.4 Å². The van der Waals surface area contributed by atoms with Crippen LogP contribution in [0.15, 0.2) is 12.2 Å². The fourth-order valence-corrected chi connectivity index (χ4v) is 1.97. The second-order valence-electron chi connectivity index (χ2n) is 6.78. The molecule has 0 aliphatic heterocycles. The number of carbonyl (C=O) groups is 2. The van der Waals surface area contributed by atoms with Crippen LogP contribution in [0, 0.1) is 5.92 Å². The van der Waals surface area contributed by atoms with Gasteiger partial charge in [-0.1, -0.05) is 13.5 Å². The molecule has 0 bridgehead atoms. The molecule has 0 saturated heterocycles. The average Bonchev–Trinajstić information content (AvgIpc) is 2.34. The number of ether oxygens (including phenoxy) is 3. The molecule has 0 aromatic carbocycles. The SMILES string of the molecule is C=C(C[C@H](C[C@H](C)C(=O)OC)OC(C)C)C(=O)OC(C)(C)C. The zero-order valence-electron chi connectivity index (χ0n) is 14.9. The molecule has 2 atom stereocenters. The van der Waals surface area contributed by atoms with Gasteiger partial charge in [-0.2, -0.15) is 0 Å². The molecule has 5 heteroatoms. The Morgan fingerprint density at radius 1 is 1.14 bits per heavy atom. The van der Waals surface area contributed by atoms with Gasteiger partial charge in [-0.3, -0.25) is 4.79 Å². The van der Waals surface area contributed by atoms with Gasteiger partial charge in [0.2, 0.25) is 0 Å². The highest BCUT2D eigenvalue weighted by Gasteiger charge is 2.25. The Morgan fingerprint density at radius 2 is 1.68 bits per heavy atom. The monoisotopic (exact) mass is 314 g/mol. The molecule has 0 aromatic rings. The van der Waals surface area contributed by atoms with Crippen LogP contribution in [0.1, 0.15) is 54.4 Å². The molecule has 0 N–H and O–H groups in total. The summed E-state index contributed by atoms with van der Waals surface area (Å²) in [5, 5.41) is 0. The van der Waals surface area contributed by atoms with Crippen molar-refractivity contribution in [3.05, 3.63) is 12.2 Å². The van der Waals surface area contributed by atoms with E-state index in [1.54, 1.807) is 27.7 Å². The molecular formula is C17H30O5. The summed E-state index contributed by atoms with van der Waals surface area (Å²) < 4.78 is 15.8. The highest BCUT2D eigenvalue weighted by atomic mass is 16.6. The number of hydrogen-bond acceptors (Lipinski definition) is 5. The molecule has 128 valence electrons. The van der Waals surface area contributed by atoms with Gasteiger partial charge in [0.05, 0.1) is 25.2 Å². The first kappa shape index (κ1) is 20.6. The number of methoxy groups -OCH3 is 1. The van der Waals surface area contributed by atoms with Crippen LogP contribution < -0.4 is 0 Å². The fourth-order valence-electron chi connectivity index (χ4n) is 1.97. The quantitative estimate of drug-likeness (QED) is 0.508. The lowest BCUT2D eigenvalue weighted by Gasteiger charge is -2.25. The summed E-state index contributed by atoms with van der Waals surface area (Å²) in [5.41, 5.74) is -0.217. The van der Waals surface area contributed by atoms with E-state index < -0.39 is 11.6 Å². The minimum atomic E-state index is -0.562. The maximum atomic E-state index is 12.0. The normalized spacial score (nSPS) is 14.4. The first-order valence-corrected chi connectivity index (χ1v) is 7.60. The van der Waals surface area contributed by atoms with Gasteiger partial charge < -0.3 is 14.2 Å². The predicted molar refractivity (Wildman–Crippen MR) is 85.4 cm³/mol. The van der Waals surface area contributed by atoms with Gasteiger partial charge in [-0.15, -0.1) is 0 Å². The van der Waals surface area contributed by atoms with Crippen molar-refractivity contribution in [2.75, 3.05) is 7.11 Å². The van der Waals surface area contributed by atoms with Crippen molar-refractivity contribution in [1.29, 1.82) is 0 Å². The fraction of sp³-hybridized carbons (Fsp3) is 0.765.